The zero-order valence-corrected chi connectivity index (χ0v) is 12.9. The van der Waals surface area contributed by atoms with Gasteiger partial charge in [0.05, 0.1) is 5.01 Å². The van der Waals surface area contributed by atoms with Crippen molar-refractivity contribution in [2.45, 2.75) is 26.2 Å². The van der Waals surface area contributed by atoms with E-state index in [2.05, 4.69) is 20.7 Å². The Morgan fingerprint density at radius 3 is 2.86 bits per heavy atom. The molecule has 0 aromatic carbocycles. The van der Waals surface area contributed by atoms with Gasteiger partial charge in [0.25, 0.3) is 5.91 Å². The predicted octanol–water partition coefficient (Wildman–Crippen LogP) is 1.92. The van der Waals surface area contributed by atoms with Gasteiger partial charge in [0.1, 0.15) is 5.82 Å². The van der Waals surface area contributed by atoms with E-state index in [0.717, 1.165) is 17.1 Å². The predicted molar refractivity (Wildman–Crippen MR) is 84.3 cm³/mol. The number of thiazole rings is 1. The van der Waals surface area contributed by atoms with Gasteiger partial charge in [0, 0.05) is 35.8 Å². The van der Waals surface area contributed by atoms with Gasteiger partial charge in [-0.2, -0.15) is 0 Å². The highest BCUT2D eigenvalue weighted by Crippen LogP contribution is 2.17. The molecule has 4 N–H and O–H groups in total. The molecule has 2 heterocycles. The van der Waals surface area contributed by atoms with Crippen molar-refractivity contribution in [3.63, 3.8) is 0 Å². The number of rotatable bonds is 6. The highest BCUT2D eigenvalue weighted by molar-refractivity contribution is 7.09. The molecule has 0 spiro atoms. The van der Waals surface area contributed by atoms with E-state index in [9.17, 15) is 4.79 Å². The zero-order valence-electron chi connectivity index (χ0n) is 12.1. The van der Waals surface area contributed by atoms with E-state index in [-0.39, 0.29) is 11.8 Å². The van der Waals surface area contributed by atoms with Gasteiger partial charge in [-0.25, -0.2) is 15.8 Å². The van der Waals surface area contributed by atoms with Gasteiger partial charge in [-0.3, -0.25) is 4.79 Å². The van der Waals surface area contributed by atoms with Crippen LogP contribution in [0.4, 0.5) is 5.82 Å². The van der Waals surface area contributed by atoms with Crippen LogP contribution in [0.2, 0.25) is 0 Å². The summed E-state index contributed by atoms with van der Waals surface area (Å²) in [5, 5.41) is 5.82. The largest absolute Gasteiger partial charge is 0.352 e. The van der Waals surface area contributed by atoms with Crippen molar-refractivity contribution in [2.75, 3.05) is 12.0 Å². The van der Waals surface area contributed by atoms with Crippen molar-refractivity contribution in [3.05, 3.63) is 40.0 Å². The number of pyridine rings is 1. The van der Waals surface area contributed by atoms with Crippen LogP contribution in [0, 0.1) is 0 Å². The minimum absolute atomic E-state index is 0.132. The molecule has 0 aliphatic carbocycles. The summed E-state index contributed by atoms with van der Waals surface area (Å²) in [6, 6.07) is 3.44. The summed E-state index contributed by atoms with van der Waals surface area (Å²) in [5.41, 5.74) is 3.88. The molecule has 0 saturated carbocycles. The molecule has 112 valence electrons. The lowest BCUT2D eigenvalue weighted by molar-refractivity contribution is 0.0954. The van der Waals surface area contributed by atoms with E-state index >= 15 is 0 Å². The van der Waals surface area contributed by atoms with E-state index in [1.54, 1.807) is 29.7 Å². The number of anilines is 1. The van der Waals surface area contributed by atoms with E-state index in [0.29, 0.717) is 17.9 Å². The minimum Gasteiger partial charge on any atom is -0.352 e. The van der Waals surface area contributed by atoms with Gasteiger partial charge in [0.2, 0.25) is 0 Å². The summed E-state index contributed by atoms with van der Waals surface area (Å²) >= 11 is 1.58. The second kappa shape index (κ2) is 7.14. The van der Waals surface area contributed by atoms with E-state index in [1.807, 2.05) is 19.2 Å². The van der Waals surface area contributed by atoms with Crippen LogP contribution in [-0.2, 0) is 6.42 Å². The molecule has 2 aromatic rings. The first-order valence-corrected chi connectivity index (χ1v) is 7.63. The Bertz CT molecular complexity index is 597. The average Bonchev–Trinajstić information content (AvgIpc) is 2.99. The van der Waals surface area contributed by atoms with Crippen LogP contribution in [0.15, 0.2) is 23.7 Å². The van der Waals surface area contributed by atoms with E-state index < -0.39 is 0 Å². The Labute approximate surface area is 127 Å². The van der Waals surface area contributed by atoms with E-state index in [1.165, 1.54) is 0 Å². The highest BCUT2D eigenvalue weighted by atomic mass is 32.1. The van der Waals surface area contributed by atoms with Crippen LogP contribution in [0.5, 0.6) is 0 Å². The molecule has 0 fully saturated rings. The number of hydrogen-bond donors (Lipinski definition) is 3. The second-order valence-corrected chi connectivity index (χ2v) is 5.88. The van der Waals surface area contributed by atoms with Gasteiger partial charge in [-0.05, 0) is 18.1 Å². The monoisotopic (exact) mass is 305 g/mol. The van der Waals surface area contributed by atoms with Crippen LogP contribution in [-0.4, -0.2) is 22.4 Å². The molecule has 6 nitrogen and oxygen atoms in total. The molecule has 1 amide bonds. The Hall–Kier alpha value is -1.99. The molecule has 0 aliphatic rings. The fourth-order valence-corrected chi connectivity index (χ4v) is 2.43. The number of hydrazine groups is 1. The first-order chi connectivity index (χ1) is 10.1. The lowest BCUT2D eigenvalue weighted by Crippen LogP contribution is -2.26. The smallest absolute Gasteiger partial charge is 0.251 e. The Kier molecular flexibility index (Phi) is 5.24. The lowest BCUT2D eigenvalue weighted by atomic mass is 10.1. The maximum absolute atomic E-state index is 12.2. The van der Waals surface area contributed by atoms with Gasteiger partial charge < -0.3 is 10.7 Å². The number of nitrogen functional groups attached to an aromatic ring is 1. The molecular formula is C14H19N5OS. The highest BCUT2D eigenvalue weighted by Gasteiger charge is 2.11. The summed E-state index contributed by atoms with van der Waals surface area (Å²) in [5.74, 6) is 5.98. The molecule has 0 radical (unpaired) electrons. The SMILES string of the molecule is CC(C)c1cc(C(=O)NCCc2nccs2)cc(NN)n1. The van der Waals surface area contributed by atoms with Crippen LogP contribution < -0.4 is 16.6 Å². The summed E-state index contributed by atoms with van der Waals surface area (Å²) in [6.07, 6.45) is 2.49. The van der Waals surface area contributed by atoms with Crippen LogP contribution >= 0.6 is 11.3 Å². The fourth-order valence-electron chi connectivity index (χ4n) is 1.81. The summed E-state index contributed by atoms with van der Waals surface area (Å²) in [4.78, 5) is 20.7. The zero-order chi connectivity index (χ0) is 15.2. The molecule has 0 unspecified atom stereocenters. The molecule has 0 bridgehead atoms. The topological polar surface area (TPSA) is 92.9 Å². The maximum Gasteiger partial charge on any atom is 0.251 e. The number of hydrogen-bond acceptors (Lipinski definition) is 6. The van der Waals surface area contributed by atoms with Crippen molar-refractivity contribution in [1.82, 2.24) is 15.3 Å². The molecule has 0 atom stereocenters. The van der Waals surface area contributed by atoms with Crippen molar-refractivity contribution in [1.29, 1.82) is 0 Å². The normalized spacial score (nSPS) is 10.7. The van der Waals surface area contributed by atoms with Crippen LogP contribution in [0.3, 0.4) is 0 Å². The Morgan fingerprint density at radius 1 is 1.43 bits per heavy atom. The van der Waals surface area contributed by atoms with Gasteiger partial charge in [0.15, 0.2) is 0 Å². The number of nitrogens with zero attached hydrogens (tertiary/aromatic N) is 2. The van der Waals surface area contributed by atoms with Crippen LogP contribution in [0.1, 0.15) is 40.8 Å². The average molecular weight is 305 g/mol. The number of nitrogens with one attached hydrogen (secondary N) is 2. The van der Waals surface area contributed by atoms with Crippen molar-refractivity contribution >= 4 is 23.1 Å². The van der Waals surface area contributed by atoms with Gasteiger partial charge in [-0.1, -0.05) is 13.8 Å². The third kappa shape index (κ3) is 4.24. The number of amides is 1. The number of carbonyl (C=O) groups is 1. The van der Waals surface area contributed by atoms with Crippen molar-refractivity contribution in [2.24, 2.45) is 5.84 Å². The third-order valence-corrected chi connectivity index (χ3v) is 3.79. The summed E-state index contributed by atoms with van der Waals surface area (Å²) in [7, 11) is 0. The quantitative estimate of drug-likeness (QED) is 0.560. The second-order valence-electron chi connectivity index (χ2n) is 4.90. The van der Waals surface area contributed by atoms with Gasteiger partial charge >= 0.3 is 0 Å². The van der Waals surface area contributed by atoms with Crippen LogP contribution in [0.25, 0.3) is 0 Å². The number of aromatic nitrogens is 2. The Morgan fingerprint density at radius 2 is 2.24 bits per heavy atom. The summed E-state index contributed by atoms with van der Waals surface area (Å²) in [6.45, 7) is 4.59. The van der Waals surface area contributed by atoms with Crippen molar-refractivity contribution < 1.29 is 4.79 Å². The number of carbonyl (C=O) groups excluding carboxylic acids is 1. The molecule has 2 rings (SSSR count). The first-order valence-electron chi connectivity index (χ1n) is 6.75. The first kappa shape index (κ1) is 15.4. The Balaban J connectivity index is 2.02. The maximum atomic E-state index is 12.2. The molecule has 0 aliphatic heterocycles. The number of nitrogens with two attached hydrogens (primary N) is 1. The lowest BCUT2D eigenvalue weighted by Gasteiger charge is -2.11. The standard InChI is InChI=1S/C14H19N5OS/c1-9(2)11-7-10(8-12(18-11)19-15)14(20)17-4-3-13-16-5-6-21-13/h5-9H,3-4,15H2,1-2H3,(H,17,20)(H,18,19). The molecule has 0 saturated heterocycles. The molecule has 2 aromatic heterocycles. The molecule has 21 heavy (non-hydrogen) atoms. The third-order valence-electron chi connectivity index (χ3n) is 2.95. The van der Waals surface area contributed by atoms with E-state index in [4.69, 9.17) is 5.84 Å². The fraction of sp³-hybridized carbons (Fsp3) is 0.357. The molecular weight excluding hydrogens is 286 g/mol. The van der Waals surface area contributed by atoms with Gasteiger partial charge in [-0.15, -0.1) is 11.3 Å². The van der Waals surface area contributed by atoms with Crippen molar-refractivity contribution in [3.8, 4) is 0 Å². The summed E-state index contributed by atoms with van der Waals surface area (Å²) < 4.78 is 0. The molecule has 7 heteroatoms. The minimum atomic E-state index is -0.132.